The van der Waals surface area contributed by atoms with Gasteiger partial charge in [-0.1, -0.05) is 24.3 Å². The fourth-order valence-corrected chi connectivity index (χ4v) is 3.34. The van der Waals surface area contributed by atoms with Gasteiger partial charge in [0.05, 0.1) is 17.9 Å². The van der Waals surface area contributed by atoms with Gasteiger partial charge in [0.2, 0.25) is 11.8 Å². The molecule has 1 aromatic carbocycles. The summed E-state index contributed by atoms with van der Waals surface area (Å²) in [6, 6.07) is 7.04. The number of carbonyl (C=O) groups is 3. The maximum absolute atomic E-state index is 12.8. The maximum atomic E-state index is 12.8. The highest BCUT2D eigenvalue weighted by Crippen LogP contribution is 2.37. The van der Waals surface area contributed by atoms with Crippen molar-refractivity contribution >= 4 is 23.5 Å². The van der Waals surface area contributed by atoms with Crippen LogP contribution in [-0.2, 0) is 25.5 Å². The Morgan fingerprint density at radius 3 is 2.79 bits per heavy atom. The van der Waals surface area contributed by atoms with Crippen LogP contribution in [0.4, 0.5) is 0 Å². The van der Waals surface area contributed by atoms with Crippen molar-refractivity contribution in [3.8, 4) is 0 Å². The van der Waals surface area contributed by atoms with E-state index in [0.29, 0.717) is 24.2 Å². The number of esters is 1. The molecule has 0 fully saturated rings. The highest BCUT2D eigenvalue weighted by molar-refractivity contribution is 6.06. The van der Waals surface area contributed by atoms with Gasteiger partial charge in [0.25, 0.3) is 0 Å². The van der Waals surface area contributed by atoms with Crippen LogP contribution in [0.25, 0.3) is 5.70 Å². The molecule has 24 heavy (non-hydrogen) atoms. The lowest BCUT2D eigenvalue weighted by molar-refractivity contribution is -0.140. The molecule has 1 unspecified atom stereocenters. The lowest BCUT2D eigenvalue weighted by atomic mass is 9.87. The second kappa shape index (κ2) is 6.47. The molecule has 6 heteroatoms. The van der Waals surface area contributed by atoms with E-state index in [-0.39, 0.29) is 24.8 Å². The van der Waals surface area contributed by atoms with Gasteiger partial charge in [0.1, 0.15) is 6.04 Å². The van der Waals surface area contributed by atoms with E-state index >= 15 is 0 Å². The molecule has 1 atom stereocenters. The second-order valence-electron chi connectivity index (χ2n) is 5.90. The molecule has 3 rings (SSSR count). The maximum Gasteiger partial charge on any atom is 0.336 e. The molecule has 0 spiro atoms. The van der Waals surface area contributed by atoms with Gasteiger partial charge in [-0.25, -0.2) is 4.79 Å². The third-order valence-electron chi connectivity index (χ3n) is 4.30. The molecule has 0 bridgehead atoms. The summed E-state index contributed by atoms with van der Waals surface area (Å²) in [5, 5.41) is 2.64. The first kappa shape index (κ1) is 16.2. The Morgan fingerprint density at radius 1 is 1.33 bits per heavy atom. The number of nitrogens with one attached hydrogen (secondary N) is 1. The minimum absolute atomic E-state index is 0.150. The van der Waals surface area contributed by atoms with E-state index in [1.165, 1.54) is 6.92 Å². The zero-order valence-corrected chi connectivity index (χ0v) is 13.8. The monoisotopic (exact) mass is 328 g/mol. The van der Waals surface area contributed by atoms with Crippen LogP contribution in [0.15, 0.2) is 29.8 Å². The van der Waals surface area contributed by atoms with Crippen LogP contribution in [-0.4, -0.2) is 41.9 Å². The first-order valence-corrected chi connectivity index (χ1v) is 8.10. The first-order valence-electron chi connectivity index (χ1n) is 8.10. The Hall–Kier alpha value is -2.63. The number of rotatable bonds is 3. The summed E-state index contributed by atoms with van der Waals surface area (Å²) in [6.45, 7) is 3.86. The zero-order valence-electron chi connectivity index (χ0n) is 13.8. The summed E-state index contributed by atoms with van der Waals surface area (Å²) in [5.41, 5.74) is 3.07. The molecule has 0 aliphatic carbocycles. The molecule has 1 N–H and O–H groups in total. The van der Waals surface area contributed by atoms with Gasteiger partial charge in [0.15, 0.2) is 0 Å². The summed E-state index contributed by atoms with van der Waals surface area (Å²) in [5.74, 6) is -0.905. The molecule has 1 aromatic rings. The van der Waals surface area contributed by atoms with Crippen molar-refractivity contribution in [2.75, 3.05) is 13.2 Å². The van der Waals surface area contributed by atoms with E-state index in [4.69, 9.17) is 4.74 Å². The van der Waals surface area contributed by atoms with Crippen molar-refractivity contribution in [1.29, 1.82) is 0 Å². The Balaban J connectivity index is 2.12. The van der Waals surface area contributed by atoms with Crippen molar-refractivity contribution in [2.24, 2.45) is 0 Å². The van der Waals surface area contributed by atoms with Gasteiger partial charge < -0.3 is 15.0 Å². The molecule has 0 radical (unpaired) electrons. The molecule has 126 valence electrons. The van der Waals surface area contributed by atoms with E-state index < -0.39 is 12.0 Å². The average Bonchev–Trinajstić information content (AvgIpc) is 2.56. The molecular weight excluding hydrogens is 308 g/mol. The Labute approximate surface area is 140 Å². The predicted molar refractivity (Wildman–Crippen MR) is 87.6 cm³/mol. The van der Waals surface area contributed by atoms with E-state index in [1.807, 2.05) is 24.3 Å². The lowest BCUT2D eigenvalue weighted by Gasteiger charge is -2.39. The minimum atomic E-state index is -0.726. The molecule has 2 aliphatic heterocycles. The van der Waals surface area contributed by atoms with Gasteiger partial charge >= 0.3 is 5.97 Å². The zero-order chi connectivity index (χ0) is 17.3. The van der Waals surface area contributed by atoms with Crippen LogP contribution in [0.5, 0.6) is 0 Å². The van der Waals surface area contributed by atoms with Crippen LogP contribution >= 0.6 is 0 Å². The predicted octanol–water partition coefficient (Wildman–Crippen LogP) is 1.25. The number of fused-ring (bicyclic) bond motifs is 3. The number of hydrogen-bond acceptors (Lipinski definition) is 4. The molecular formula is C18H20N2O4. The highest BCUT2D eigenvalue weighted by Gasteiger charge is 2.40. The summed E-state index contributed by atoms with van der Waals surface area (Å²) in [6.07, 6.45) is 0.867. The smallest absolute Gasteiger partial charge is 0.336 e. The summed E-state index contributed by atoms with van der Waals surface area (Å²) in [7, 11) is 0. The number of nitrogens with zero attached hydrogens (tertiary/aromatic N) is 1. The summed E-state index contributed by atoms with van der Waals surface area (Å²) in [4.78, 5) is 38.2. The van der Waals surface area contributed by atoms with Crippen molar-refractivity contribution in [3.63, 3.8) is 0 Å². The van der Waals surface area contributed by atoms with Gasteiger partial charge in [-0.2, -0.15) is 0 Å². The Bertz CT molecular complexity index is 738. The third kappa shape index (κ3) is 2.79. The minimum Gasteiger partial charge on any atom is -0.463 e. The van der Waals surface area contributed by atoms with Gasteiger partial charge in [-0.15, -0.1) is 0 Å². The largest absolute Gasteiger partial charge is 0.463 e. The van der Waals surface area contributed by atoms with Crippen molar-refractivity contribution in [1.82, 2.24) is 10.2 Å². The van der Waals surface area contributed by atoms with Gasteiger partial charge in [-0.05, 0) is 18.9 Å². The number of hydrogen-bond donors (Lipinski definition) is 1. The van der Waals surface area contributed by atoms with Crippen LogP contribution in [0.3, 0.4) is 0 Å². The van der Waals surface area contributed by atoms with Crippen LogP contribution < -0.4 is 5.32 Å². The third-order valence-corrected chi connectivity index (χ3v) is 4.30. The fourth-order valence-electron chi connectivity index (χ4n) is 3.34. The number of benzene rings is 1. The molecule has 2 heterocycles. The second-order valence-corrected chi connectivity index (χ2v) is 5.90. The standard InChI is InChI=1S/C18H20N2O4/c1-3-24-18(23)14-10-15(19-11(2)21)17(22)20-9-8-12-6-4-5-7-13(12)16(14)20/h4-7,15H,3,8-10H2,1-2H3,(H,19,21). The number of amides is 2. The van der Waals surface area contributed by atoms with Crippen LogP contribution in [0, 0.1) is 0 Å². The van der Waals surface area contributed by atoms with E-state index in [1.54, 1.807) is 11.8 Å². The number of carbonyl (C=O) groups excluding carboxylic acids is 3. The normalized spacial score (nSPS) is 19.5. The van der Waals surface area contributed by atoms with Crippen molar-refractivity contribution < 1.29 is 19.1 Å². The van der Waals surface area contributed by atoms with Gasteiger partial charge in [-0.3, -0.25) is 9.59 Å². The SMILES string of the molecule is CCOC(=O)C1=C2c3ccccc3CCN2C(=O)C(NC(C)=O)C1. The topological polar surface area (TPSA) is 75.7 Å². The Kier molecular flexibility index (Phi) is 4.38. The van der Waals surface area contributed by atoms with E-state index in [2.05, 4.69) is 5.32 Å². The molecule has 2 aliphatic rings. The first-order chi connectivity index (χ1) is 11.5. The molecule has 0 aromatic heterocycles. The molecule has 0 saturated heterocycles. The fraction of sp³-hybridized carbons (Fsp3) is 0.389. The van der Waals surface area contributed by atoms with Gasteiger partial charge in [0, 0.05) is 25.5 Å². The molecule has 2 amide bonds. The average molecular weight is 328 g/mol. The van der Waals surface area contributed by atoms with Crippen LogP contribution in [0.1, 0.15) is 31.4 Å². The summed E-state index contributed by atoms with van der Waals surface area (Å²) < 4.78 is 5.19. The lowest BCUT2D eigenvalue weighted by Crippen LogP contribution is -2.52. The van der Waals surface area contributed by atoms with Crippen LogP contribution in [0.2, 0.25) is 0 Å². The summed E-state index contributed by atoms with van der Waals surface area (Å²) >= 11 is 0. The Morgan fingerprint density at radius 2 is 2.08 bits per heavy atom. The molecule has 6 nitrogen and oxygen atoms in total. The van der Waals surface area contributed by atoms with E-state index in [0.717, 1.165) is 11.1 Å². The molecule has 0 saturated carbocycles. The van der Waals surface area contributed by atoms with Crippen molar-refractivity contribution in [3.05, 3.63) is 41.0 Å². The quantitative estimate of drug-likeness (QED) is 0.848. The number of ether oxygens (including phenoxy) is 1. The van der Waals surface area contributed by atoms with E-state index in [9.17, 15) is 14.4 Å². The highest BCUT2D eigenvalue weighted by atomic mass is 16.5. The van der Waals surface area contributed by atoms with Crippen molar-refractivity contribution in [2.45, 2.75) is 32.7 Å².